The first-order chi connectivity index (χ1) is 11.7. The van der Waals surface area contributed by atoms with E-state index in [1.54, 1.807) is 18.2 Å². The van der Waals surface area contributed by atoms with Crippen molar-refractivity contribution in [2.45, 2.75) is 38.5 Å². The van der Waals surface area contributed by atoms with E-state index in [9.17, 15) is 9.59 Å². The molecule has 1 aromatic carbocycles. The monoisotopic (exact) mass is 341 g/mol. The van der Waals surface area contributed by atoms with Gasteiger partial charge >= 0.3 is 0 Å². The average molecular weight is 342 g/mol. The quantitative estimate of drug-likeness (QED) is 0.562. The van der Waals surface area contributed by atoms with Crippen LogP contribution in [-0.2, 0) is 9.59 Å². The van der Waals surface area contributed by atoms with Crippen molar-refractivity contribution in [2.24, 2.45) is 23.7 Å². The number of rotatable bonds is 1. The zero-order chi connectivity index (χ0) is 16.4. The van der Waals surface area contributed by atoms with E-state index in [1.807, 2.05) is 6.07 Å². The molecule has 0 N–H and O–H groups in total. The second-order valence-electron chi connectivity index (χ2n) is 7.59. The molecule has 1 aromatic rings. The summed E-state index contributed by atoms with van der Waals surface area (Å²) in [7, 11) is 0. The van der Waals surface area contributed by atoms with Crippen LogP contribution in [0, 0.1) is 23.7 Å². The zero-order valence-electron chi connectivity index (χ0n) is 13.5. The molecule has 1 saturated heterocycles. The lowest BCUT2D eigenvalue weighted by atomic mass is 9.66. The predicted octanol–water partition coefficient (Wildman–Crippen LogP) is 4.36. The minimum Gasteiger partial charge on any atom is -0.274 e. The smallest absolute Gasteiger partial charge is 0.238 e. The fraction of sp³-hybridized carbons (Fsp3) is 0.500. The molecule has 0 unspecified atom stereocenters. The van der Waals surface area contributed by atoms with Crippen molar-refractivity contribution in [3.05, 3.63) is 40.4 Å². The van der Waals surface area contributed by atoms with Crippen LogP contribution < -0.4 is 4.90 Å². The molecule has 124 valence electrons. The highest BCUT2D eigenvalue weighted by Gasteiger charge is 2.59. The molecule has 5 rings (SSSR count). The number of carbonyl (C=O) groups excluding carboxylic acids is 2. The Morgan fingerprint density at radius 3 is 2.04 bits per heavy atom. The standard InChI is InChI=1S/C20H20ClNO2/c21-11-4-1-5-12(10-11)22-19(23)17-15-8-2-6-13(15)14-7-3-9-16(14)18(17)20(22)24/h1,4-5,10,15-18H,2-3,6-9H2/t15-,16+,17-,18+. The van der Waals surface area contributed by atoms with Crippen LogP contribution >= 0.6 is 11.6 Å². The molecule has 0 spiro atoms. The SMILES string of the molecule is O=C1[C@@H]2[C@H](C(=O)N1c1cccc(Cl)c1)[C@@H]1CCCC1=C1CCC[C@@H]12. The van der Waals surface area contributed by atoms with Gasteiger partial charge in [-0.1, -0.05) is 28.8 Å². The summed E-state index contributed by atoms with van der Waals surface area (Å²) in [6.07, 6.45) is 6.73. The third-order valence-electron chi connectivity index (χ3n) is 6.56. The Hall–Kier alpha value is -1.61. The van der Waals surface area contributed by atoms with Crippen molar-refractivity contribution in [3.63, 3.8) is 0 Å². The number of halogens is 1. The van der Waals surface area contributed by atoms with Gasteiger partial charge in [0.1, 0.15) is 0 Å². The second-order valence-corrected chi connectivity index (χ2v) is 8.03. The van der Waals surface area contributed by atoms with Crippen molar-refractivity contribution in [1.82, 2.24) is 0 Å². The van der Waals surface area contributed by atoms with Gasteiger partial charge in [-0.3, -0.25) is 9.59 Å². The van der Waals surface area contributed by atoms with E-state index in [4.69, 9.17) is 11.6 Å². The molecule has 4 heteroatoms. The maximum atomic E-state index is 13.2. The van der Waals surface area contributed by atoms with Gasteiger partial charge in [-0.25, -0.2) is 4.90 Å². The molecule has 4 aliphatic rings. The largest absolute Gasteiger partial charge is 0.274 e. The lowest BCUT2D eigenvalue weighted by Gasteiger charge is -2.34. The van der Waals surface area contributed by atoms with Crippen LogP contribution in [0.4, 0.5) is 5.69 Å². The van der Waals surface area contributed by atoms with Gasteiger partial charge in [0, 0.05) is 5.02 Å². The number of nitrogens with zero attached hydrogens (tertiary/aromatic N) is 1. The lowest BCUT2D eigenvalue weighted by molar-refractivity contribution is -0.122. The van der Waals surface area contributed by atoms with E-state index < -0.39 is 0 Å². The van der Waals surface area contributed by atoms with Gasteiger partial charge in [-0.05, 0) is 68.6 Å². The number of hydrogen-bond donors (Lipinski definition) is 0. The third kappa shape index (κ3) is 1.85. The van der Waals surface area contributed by atoms with Gasteiger partial charge in [-0.15, -0.1) is 0 Å². The van der Waals surface area contributed by atoms with Gasteiger partial charge in [0.25, 0.3) is 0 Å². The number of allylic oxidation sites excluding steroid dienone is 2. The number of carbonyl (C=O) groups is 2. The van der Waals surface area contributed by atoms with Crippen LogP contribution in [0.25, 0.3) is 0 Å². The minimum atomic E-state index is -0.138. The van der Waals surface area contributed by atoms with Gasteiger partial charge in [-0.2, -0.15) is 0 Å². The number of hydrogen-bond acceptors (Lipinski definition) is 2. The second kappa shape index (κ2) is 5.19. The first kappa shape index (κ1) is 14.7. The molecule has 2 amide bonds. The fourth-order valence-corrected chi connectivity index (χ4v) is 5.95. The third-order valence-corrected chi connectivity index (χ3v) is 6.80. The number of amides is 2. The Balaban J connectivity index is 1.61. The highest BCUT2D eigenvalue weighted by atomic mass is 35.5. The van der Waals surface area contributed by atoms with Crippen molar-refractivity contribution < 1.29 is 9.59 Å². The van der Waals surface area contributed by atoms with Crippen molar-refractivity contribution in [2.75, 3.05) is 4.90 Å². The summed E-state index contributed by atoms with van der Waals surface area (Å²) in [4.78, 5) is 27.9. The van der Waals surface area contributed by atoms with E-state index in [2.05, 4.69) is 0 Å². The average Bonchev–Trinajstić information content (AvgIpc) is 3.25. The molecular formula is C20H20ClNO2. The number of fused-ring (bicyclic) bond motifs is 5. The van der Waals surface area contributed by atoms with E-state index >= 15 is 0 Å². The molecule has 1 aliphatic heterocycles. The molecule has 3 fully saturated rings. The van der Waals surface area contributed by atoms with Crippen molar-refractivity contribution in [3.8, 4) is 0 Å². The van der Waals surface area contributed by atoms with Crippen molar-refractivity contribution >= 4 is 29.1 Å². The van der Waals surface area contributed by atoms with E-state index in [-0.39, 0.29) is 23.7 Å². The molecule has 1 heterocycles. The fourth-order valence-electron chi connectivity index (χ4n) is 5.76. The molecule has 0 bridgehead atoms. The first-order valence-electron chi connectivity index (χ1n) is 9.02. The van der Waals surface area contributed by atoms with Gasteiger partial charge in [0.05, 0.1) is 17.5 Å². The number of benzene rings is 1. The topological polar surface area (TPSA) is 37.4 Å². The Morgan fingerprint density at radius 1 is 0.917 bits per heavy atom. The van der Waals surface area contributed by atoms with Crippen LogP contribution in [0.3, 0.4) is 0 Å². The van der Waals surface area contributed by atoms with Crippen LogP contribution in [0.5, 0.6) is 0 Å². The molecule has 24 heavy (non-hydrogen) atoms. The molecule has 0 aromatic heterocycles. The van der Waals surface area contributed by atoms with E-state index in [0.29, 0.717) is 22.5 Å². The summed E-state index contributed by atoms with van der Waals surface area (Å²) in [6, 6.07) is 7.13. The van der Waals surface area contributed by atoms with E-state index in [1.165, 1.54) is 16.0 Å². The van der Waals surface area contributed by atoms with Crippen LogP contribution in [0.2, 0.25) is 5.02 Å². The highest BCUT2D eigenvalue weighted by molar-refractivity contribution is 6.31. The Labute approximate surface area is 146 Å². The predicted molar refractivity (Wildman–Crippen MR) is 92.6 cm³/mol. The summed E-state index contributed by atoms with van der Waals surface area (Å²) < 4.78 is 0. The van der Waals surface area contributed by atoms with Gasteiger partial charge in [0.2, 0.25) is 11.8 Å². The van der Waals surface area contributed by atoms with Crippen LogP contribution in [0.1, 0.15) is 38.5 Å². The number of anilines is 1. The van der Waals surface area contributed by atoms with Gasteiger partial charge in [0.15, 0.2) is 0 Å². The minimum absolute atomic E-state index is 0.00242. The Kier molecular flexibility index (Phi) is 3.18. The summed E-state index contributed by atoms with van der Waals surface area (Å²) in [5.74, 6) is 0.340. The number of imide groups is 1. The lowest BCUT2D eigenvalue weighted by Crippen LogP contribution is -2.35. The van der Waals surface area contributed by atoms with Crippen molar-refractivity contribution in [1.29, 1.82) is 0 Å². The molecule has 3 nitrogen and oxygen atoms in total. The first-order valence-corrected chi connectivity index (χ1v) is 9.40. The molecule has 4 atom stereocenters. The van der Waals surface area contributed by atoms with Gasteiger partial charge < -0.3 is 0 Å². The maximum absolute atomic E-state index is 13.2. The Bertz CT molecular complexity index is 742. The molecular weight excluding hydrogens is 322 g/mol. The van der Waals surface area contributed by atoms with Crippen LogP contribution in [-0.4, -0.2) is 11.8 Å². The zero-order valence-corrected chi connectivity index (χ0v) is 14.3. The van der Waals surface area contributed by atoms with Crippen LogP contribution in [0.15, 0.2) is 35.4 Å². The highest BCUT2D eigenvalue weighted by Crippen LogP contribution is 2.57. The maximum Gasteiger partial charge on any atom is 0.238 e. The summed E-state index contributed by atoms with van der Waals surface area (Å²) in [6.45, 7) is 0. The molecule has 0 radical (unpaired) electrons. The normalized spacial score (nSPS) is 34.6. The summed E-state index contributed by atoms with van der Waals surface area (Å²) in [5.41, 5.74) is 3.70. The molecule has 2 saturated carbocycles. The molecule has 3 aliphatic carbocycles. The summed E-state index contributed by atoms with van der Waals surface area (Å²) >= 11 is 6.09. The van der Waals surface area contributed by atoms with E-state index in [0.717, 1.165) is 38.5 Å². The Morgan fingerprint density at radius 2 is 1.50 bits per heavy atom. The summed E-state index contributed by atoms with van der Waals surface area (Å²) in [5, 5.41) is 0.559.